The second kappa shape index (κ2) is 5.01. The first-order chi connectivity index (χ1) is 8.88. The molecule has 6 heteroatoms. The standard InChI is InChI=1S/C13H10ClF3N2/c1-6-2-10(17)12(4-8(6)15)19-13-5-9(16)7(14)3-11(13)18/h2-5,19H,18H2,1H3. The first kappa shape index (κ1) is 13.5. The van der Waals surface area contributed by atoms with Crippen molar-refractivity contribution in [2.24, 2.45) is 0 Å². The zero-order valence-corrected chi connectivity index (χ0v) is 10.7. The minimum atomic E-state index is -0.702. The Morgan fingerprint density at radius 2 is 1.58 bits per heavy atom. The highest BCUT2D eigenvalue weighted by Gasteiger charge is 2.11. The summed E-state index contributed by atoms with van der Waals surface area (Å²) in [6.45, 7) is 1.44. The molecule has 0 radical (unpaired) electrons. The van der Waals surface area contributed by atoms with Crippen LogP contribution in [0.5, 0.6) is 0 Å². The SMILES string of the molecule is Cc1cc(F)c(Nc2cc(F)c(Cl)cc2N)cc1F. The van der Waals surface area contributed by atoms with Crippen LogP contribution < -0.4 is 11.1 Å². The molecule has 0 fully saturated rings. The van der Waals surface area contributed by atoms with Crippen molar-refractivity contribution in [3.8, 4) is 0 Å². The van der Waals surface area contributed by atoms with E-state index in [0.29, 0.717) is 0 Å². The van der Waals surface area contributed by atoms with Crippen molar-refractivity contribution in [1.82, 2.24) is 0 Å². The molecular weight excluding hydrogens is 277 g/mol. The molecule has 0 amide bonds. The van der Waals surface area contributed by atoms with E-state index in [0.717, 1.165) is 18.2 Å². The molecular formula is C13H10ClF3N2. The molecule has 100 valence electrons. The van der Waals surface area contributed by atoms with E-state index in [1.807, 2.05) is 0 Å². The van der Waals surface area contributed by atoms with Crippen molar-refractivity contribution in [3.05, 3.63) is 52.3 Å². The van der Waals surface area contributed by atoms with Gasteiger partial charge in [0, 0.05) is 12.1 Å². The van der Waals surface area contributed by atoms with Crippen LogP contribution in [0.15, 0.2) is 24.3 Å². The van der Waals surface area contributed by atoms with Crippen molar-refractivity contribution in [2.45, 2.75) is 6.92 Å². The number of anilines is 3. The van der Waals surface area contributed by atoms with Crippen molar-refractivity contribution in [2.75, 3.05) is 11.1 Å². The van der Waals surface area contributed by atoms with E-state index in [1.165, 1.54) is 13.0 Å². The number of hydrogen-bond acceptors (Lipinski definition) is 2. The maximum atomic E-state index is 13.6. The van der Waals surface area contributed by atoms with Gasteiger partial charge in [0.2, 0.25) is 0 Å². The Bertz CT molecular complexity index is 589. The summed E-state index contributed by atoms with van der Waals surface area (Å²) >= 11 is 5.55. The molecule has 0 aliphatic carbocycles. The van der Waals surface area contributed by atoms with E-state index < -0.39 is 17.5 Å². The van der Waals surface area contributed by atoms with Crippen LogP contribution >= 0.6 is 11.6 Å². The minimum Gasteiger partial charge on any atom is -0.397 e. The summed E-state index contributed by atoms with van der Waals surface area (Å²) in [5, 5.41) is 2.40. The lowest BCUT2D eigenvalue weighted by molar-refractivity contribution is 0.595. The van der Waals surface area contributed by atoms with Gasteiger partial charge in [-0.15, -0.1) is 0 Å². The van der Waals surface area contributed by atoms with Gasteiger partial charge in [-0.25, -0.2) is 13.2 Å². The Labute approximate surface area is 113 Å². The fraction of sp³-hybridized carbons (Fsp3) is 0.0769. The average molecular weight is 287 g/mol. The third-order valence-corrected chi connectivity index (χ3v) is 2.90. The first-order valence-corrected chi connectivity index (χ1v) is 5.73. The second-order valence-corrected chi connectivity index (χ2v) is 4.47. The van der Waals surface area contributed by atoms with Crippen LogP contribution in [0.1, 0.15) is 5.56 Å². The molecule has 0 unspecified atom stereocenters. The molecule has 2 nitrogen and oxygen atoms in total. The fourth-order valence-electron chi connectivity index (χ4n) is 1.56. The van der Waals surface area contributed by atoms with Crippen LogP contribution in [-0.2, 0) is 0 Å². The quantitative estimate of drug-likeness (QED) is 0.804. The summed E-state index contributed by atoms with van der Waals surface area (Å²) in [6.07, 6.45) is 0. The summed E-state index contributed by atoms with van der Waals surface area (Å²) in [4.78, 5) is 0. The predicted octanol–water partition coefficient (Wildman–Crippen LogP) is 4.39. The number of nitrogens with one attached hydrogen (secondary N) is 1. The maximum absolute atomic E-state index is 13.6. The lowest BCUT2D eigenvalue weighted by Gasteiger charge is -2.12. The lowest BCUT2D eigenvalue weighted by atomic mass is 10.2. The molecule has 0 saturated carbocycles. The Morgan fingerprint density at radius 1 is 0.947 bits per heavy atom. The average Bonchev–Trinajstić information content (AvgIpc) is 2.32. The summed E-state index contributed by atoms with van der Waals surface area (Å²) in [6, 6.07) is 4.24. The van der Waals surface area contributed by atoms with E-state index in [2.05, 4.69) is 5.32 Å². The van der Waals surface area contributed by atoms with Gasteiger partial charge >= 0.3 is 0 Å². The molecule has 2 aromatic rings. The molecule has 3 N–H and O–H groups in total. The van der Waals surface area contributed by atoms with E-state index in [4.69, 9.17) is 17.3 Å². The van der Waals surface area contributed by atoms with Crippen molar-refractivity contribution in [1.29, 1.82) is 0 Å². The summed E-state index contributed by atoms with van der Waals surface area (Å²) < 4.78 is 40.3. The number of rotatable bonds is 2. The molecule has 0 aromatic heterocycles. The van der Waals surface area contributed by atoms with Gasteiger partial charge in [0.1, 0.15) is 17.5 Å². The zero-order chi connectivity index (χ0) is 14.2. The maximum Gasteiger partial charge on any atom is 0.147 e. The van der Waals surface area contributed by atoms with Crippen molar-refractivity contribution >= 4 is 28.7 Å². The van der Waals surface area contributed by atoms with Crippen LogP contribution in [0.4, 0.5) is 30.2 Å². The van der Waals surface area contributed by atoms with Crippen LogP contribution in [0.3, 0.4) is 0 Å². The molecule has 19 heavy (non-hydrogen) atoms. The number of nitrogen functional groups attached to an aromatic ring is 1. The monoisotopic (exact) mass is 286 g/mol. The van der Waals surface area contributed by atoms with Crippen LogP contribution in [0, 0.1) is 24.4 Å². The molecule has 0 bridgehead atoms. The van der Waals surface area contributed by atoms with E-state index in [1.54, 1.807) is 0 Å². The Hall–Kier alpha value is -1.88. The fourth-order valence-corrected chi connectivity index (χ4v) is 1.73. The molecule has 0 saturated heterocycles. The Kier molecular flexibility index (Phi) is 3.57. The number of hydrogen-bond donors (Lipinski definition) is 2. The zero-order valence-electron chi connectivity index (χ0n) is 9.90. The van der Waals surface area contributed by atoms with E-state index in [9.17, 15) is 13.2 Å². The lowest BCUT2D eigenvalue weighted by Crippen LogP contribution is -2.01. The normalized spacial score (nSPS) is 10.6. The Balaban J connectivity index is 2.42. The van der Waals surface area contributed by atoms with Crippen LogP contribution in [0.25, 0.3) is 0 Å². The molecule has 0 atom stereocenters. The molecule has 0 heterocycles. The summed E-state index contributed by atoms with van der Waals surface area (Å²) in [5.74, 6) is -1.93. The summed E-state index contributed by atoms with van der Waals surface area (Å²) in [5.41, 5.74) is 5.92. The number of nitrogens with two attached hydrogens (primary N) is 1. The third-order valence-electron chi connectivity index (χ3n) is 2.61. The molecule has 2 aromatic carbocycles. The first-order valence-electron chi connectivity index (χ1n) is 5.35. The van der Waals surface area contributed by atoms with Gasteiger partial charge in [0.25, 0.3) is 0 Å². The topological polar surface area (TPSA) is 38.0 Å². The van der Waals surface area contributed by atoms with Crippen LogP contribution in [-0.4, -0.2) is 0 Å². The van der Waals surface area contributed by atoms with Gasteiger partial charge in [0.15, 0.2) is 0 Å². The van der Waals surface area contributed by atoms with E-state index in [-0.39, 0.29) is 27.6 Å². The second-order valence-electron chi connectivity index (χ2n) is 4.06. The molecule has 0 aliphatic rings. The number of benzene rings is 2. The van der Waals surface area contributed by atoms with Gasteiger partial charge < -0.3 is 11.1 Å². The predicted molar refractivity (Wildman–Crippen MR) is 70.2 cm³/mol. The highest BCUT2D eigenvalue weighted by Crippen LogP contribution is 2.30. The smallest absolute Gasteiger partial charge is 0.147 e. The highest BCUT2D eigenvalue weighted by atomic mass is 35.5. The Morgan fingerprint density at radius 3 is 2.26 bits per heavy atom. The number of halogens is 4. The molecule has 0 spiro atoms. The molecule has 0 aliphatic heterocycles. The van der Waals surface area contributed by atoms with Gasteiger partial charge in [-0.2, -0.15) is 0 Å². The van der Waals surface area contributed by atoms with Gasteiger partial charge in [-0.3, -0.25) is 0 Å². The third kappa shape index (κ3) is 2.76. The van der Waals surface area contributed by atoms with Gasteiger partial charge in [-0.1, -0.05) is 11.6 Å². The number of aryl methyl sites for hydroxylation is 1. The van der Waals surface area contributed by atoms with Gasteiger partial charge in [-0.05, 0) is 24.6 Å². The summed E-state index contributed by atoms with van der Waals surface area (Å²) in [7, 11) is 0. The van der Waals surface area contributed by atoms with E-state index >= 15 is 0 Å². The highest BCUT2D eigenvalue weighted by molar-refractivity contribution is 6.31. The minimum absolute atomic E-state index is 0.115. The molecule has 2 rings (SSSR count). The van der Waals surface area contributed by atoms with Crippen molar-refractivity contribution in [3.63, 3.8) is 0 Å². The van der Waals surface area contributed by atoms with Gasteiger partial charge in [0.05, 0.1) is 22.1 Å². The largest absolute Gasteiger partial charge is 0.397 e. The van der Waals surface area contributed by atoms with Crippen molar-refractivity contribution < 1.29 is 13.2 Å². The van der Waals surface area contributed by atoms with Crippen LogP contribution in [0.2, 0.25) is 5.02 Å².